The van der Waals surface area contributed by atoms with Crippen LogP contribution in [0.2, 0.25) is 0 Å². The van der Waals surface area contributed by atoms with Gasteiger partial charge in [0.1, 0.15) is 0 Å². The molecule has 0 bridgehead atoms. The summed E-state index contributed by atoms with van der Waals surface area (Å²) in [7, 11) is 0. The molecule has 0 unspecified atom stereocenters. The van der Waals surface area contributed by atoms with E-state index in [1.807, 2.05) is 13.8 Å². The van der Waals surface area contributed by atoms with Crippen molar-refractivity contribution in [2.45, 2.75) is 32.2 Å². The van der Waals surface area contributed by atoms with Gasteiger partial charge in [-0.25, -0.2) is 4.79 Å². The first-order valence-electron chi connectivity index (χ1n) is 4.67. The van der Waals surface area contributed by atoms with Crippen molar-refractivity contribution < 1.29 is 14.6 Å². The topological polar surface area (TPSA) is 58.6 Å². The zero-order valence-electron chi connectivity index (χ0n) is 8.75. The van der Waals surface area contributed by atoms with Crippen LogP contribution in [0.3, 0.4) is 0 Å². The molecule has 0 aliphatic carbocycles. The zero-order valence-corrected chi connectivity index (χ0v) is 9.64. The van der Waals surface area contributed by atoms with Crippen molar-refractivity contribution in [3.8, 4) is 0 Å². The Hall–Kier alpha value is -0.420. The Labute approximate surface area is 90.4 Å². The first kappa shape index (κ1) is 13.6. The van der Waals surface area contributed by atoms with Gasteiger partial charge in [-0.2, -0.15) is 12.6 Å². The third-order valence-electron chi connectivity index (χ3n) is 1.77. The van der Waals surface area contributed by atoms with Crippen LogP contribution < -0.4 is 5.32 Å². The summed E-state index contributed by atoms with van der Waals surface area (Å²) < 4.78 is 5.23. The zero-order chi connectivity index (χ0) is 11.0. The Balaban J connectivity index is 3.50. The molecule has 0 spiro atoms. The van der Waals surface area contributed by atoms with Crippen LogP contribution in [0.15, 0.2) is 0 Å². The van der Waals surface area contributed by atoms with Crippen molar-refractivity contribution in [1.82, 2.24) is 5.32 Å². The molecule has 0 aromatic rings. The molecule has 0 saturated heterocycles. The summed E-state index contributed by atoms with van der Waals surface area (Å²) in [4.78, 5) is 10.4. The van der Waals surface area contributed by atoms with Gasteiger partial charge in [-0.05, 0) is 26.7 Å². The Bertz CT molecular complexity index is 173. The summed E-state index contributed by atoms with van der Waals surface area (Å²) >= 11 is 4.01. The summed E-state index contributed by atoms with van der Waals surface area (Å²) in [5.74, 6) is 0.719. The largest absolute Gasteiger partial charge is 0.465 e. The molecule has 0 atom stereocenters. The molecule has 0 radical (unpaired) electrons. The number of hydrogen-bond donors (Lipinski definition) is 3. The lowest BCUT2D eigenvalue weighted by Gasteiger charge is -2.24. The lowest BCUT2D eigenvalue weighted by Crippen LogP contribution is -2.42. The third kappa shape index (κ3) is 8.19. The van der Waals surface area contributed by atoms with Crippen LogP contribution in [0.25, 0.3) is 0 Å². The van der Waals surface area contributed by atoms with E-state index in [1.54, 1.807) is 0 Å². The van der Waals surface area contributed by atoms with Gasteiger partial charge in [0.05, 0.1) is 6.61 Å². The Morgan fingerprint density at radius 3 is 2.64 bits per heavy atom. The highest BCUT2D eigenvalue weighted by Gasteiger charge is 2.18. The van der Waals surface area contributed by atoms with E-state index in [-0.39, 0.29) is 5.54 Å². The number of carboxylic acid groups (broad SMARTS) is 1. The van der Waals surface area contributed by atoms with Gasteiger partial charge in [0, 0.05) is 17.9 Å². The quantitative estimate of drug-likeness (QED) is 0.453. The standard InChI is InChI=1S/C9H19NO3S/c1-9(2,10-8(11)12)4-3-5-13-6-7-14/h10,14H,3-7H2,1-2H3,(H,11,12). The highest BCUT2D eigenvalue weighted by Crippen LogP contribution is 2.10. The number of carbonyl (C=O) groups is 1. The maximum Gasteiger partial charge on any atom is 0.405 e. The van der Waals surface area contributed by atoms with Crippen LogP contribution in [-0.4, -0.2) is 35.7 Å². The molecular weight excluding hydrogens is 202 g/mol. The average Bonchev–Trinajstić information content (AvgIpc) is 2.01. The van der Waals surface area contributed by atoms with E-state index in [2.05, 4.69) is 17.9 Å². The van der Waals surface area contributed by atoms with E-state index in [0.717, 1.165) is 18.6 Å². The van der Waals surface area contributed by atoms with Gasteiger partial charge in [0.25, 0.3) is 0 Å². The van der Waals surface area contributed by atoms with E-state index in [9.17, 15) is 4.79 Å². The molecule has 2 N–H and O–H groups in total. The van der Waals surface area contributed by atoms with Crippen molar-refractivity contribution in [2.24, 2.45) is 0 Å². The van der Waals surface area contributed by atoms with Crippen LogP contribution in [0.1, 0.15) is 26.7 Å². The van der Waals surface area contributed by atoms with Crippen molar-refractivity contribution in [3.63, 3.8) is 0 Å². The van der Waals surface area contributed by atoms with E-state index >= 15 is 0 Å². The number of nitrogens with one attached hydrogen (secondary N) is 1. The average molecular weight is 221 g/mol. The van der Waals surface area contributed by atoms with E-state index < -0.39 is 6.09 Å². The fourth-order valence-corrected chi connectivity index (χ4v) is 1.26. The second-order valence-electron chi connectivity index (χ2n) is 3.75. The predicted molar refractivity (Wildman–Crippen MR) is 59.1 cm³/mol. The van der Waals surface area contributed by atoms with Gasteiger partial charge in [-0.1, -0.05) is 0 Å². The number of ether oxygens (including phenoxy) is 1. The SMILES string of the molecule is CC(C)(CCCOCCS)NC(=O)O. The molecule has 14 heavy (non-hydrogen) atoms. The van der Waals surface area contributed by atoms with Crippen LogP contribution in [0.4, 0.5) is 4.79 Å². The molecule has 0 aliphatic heterocycles. The van der Waals surface area contributed by atoms with Crippen LogP contribution in [0.5, 0.6) is 0 Å². The van der Waals surface area contributed by atoms with Gasteiger partial charge < -0.3 is 15.2 Å². The van der Waals surface area contributed by atoms with Crippen molar-refractivity contribution in [3.05, 3.63) is 0 Å². The molecule has 0 heterocycles. The number of rotatable bonds is 7. The van der Waals surface area contributed by atoms with E-state index in [0.29, 0.717) is 13.2 Å². The number of amides is 1. The van der Waals surface area contributed by atoms with Crippen molar-refractivity contribution in [1.29, 1.82) is 0 Å². The molecule has 0 fully saturated rings. The minimum Gasteiger partial charge on any atom is -0.465 e. The highest BCUT2D eigenvalue weighted by atomic mass is 32.1. The minimum absolute atomic E-state index is 0.379. The molecule has 0 saturated carbocycles. The molecule has 0 aromatic carbocycles. The first-order valence-corrected chi connectivity index (χ1v) is 5.31. The lowest BCUT2D eigenvalue weighted by atomic mass is 9.99. The van der Waals surface area contributed by atoms with Gasteiger partial charge in [-0.15, -0.1) is 0 Å². The lowest BCUT2D eigenvalue weighted by molar-refractivity contribution is 0.136. The Morgan fingerprint density at radius 1 is 1.50 bits per heavy atom. The molecule has 84 valence electrons. The monoisotopic (exact) mass is 221 g/mol. The number of hydrogen-bond acceptors (Lipinski definition) is 3. The normalized spacial score (nSPS) is 11.4. The maximum atomic E-state index is 10.4. The van der Waals surface area contributed by atoms with E-state index in [4.69, 9.17) is 9.84 Å². The molecule has 1 amide bonds. The maximum absolute atomic E-state index is 10.4. The summed E-state index contributed by atoms with van der Waals surface area (Å²) in [6, 6.07) is 0. The summed E-state index contributed by atoms with van der Waals surface area (Å²) in [5, 5.41) is 11.0. The Kier molecular flexibility index (Phi) is 6.74. The van der Waals surface area contributed by atoms with Gasteiger partial charge in [0.2, 0.25) is 0 Å². The molecule has 0 aliphatic rings. The highest BCUT2D eigenvalue weighted by molar-refractivity contribution is 7.80. The fourth-order valence-electron chi connectivity index (χ4n) is 1.13. The minimum atomic E-state index is -0.980. The van der Waals surface area contributed by atoms with Gasteiger partial charge in [-0.3, -0.25) is 0 Å². The van der Waals surface area contributed by atoms with Gasteiger partial charge in [0.15, 0.2) is 0 Å². The summed E-state index contributed by atoms with van der Waals surface area (Å²) in [5.41, 5.74) is -0.379. The first-order chi connectivity index (χ1) is 6.48. The molecular formula is C9H19NO3S. The van der Waals surface area contributed by atoms with E-state index in [1.165, 1.54) is 0 Å². The second-order valence-corrected chi connectivity index (χ2v) is 4.20. The van der Waals surface area contributed by atoms with Gasteiger partial charge >= 0.3 is 6.09 Å². The van der Waals surface area contributed by atoms with Crippen LogP contribution in [-0.2, 0) is 4.74 Å². The van der Waals surface area contributed by atoms with Crippen LogP contribution >= 0.6 is 12.6 Å². The van der Waals surface area contributed by atoms with Crippen LogP contribution in [0, 0.1) is 0 Å². The smallest absolute Gasteiger partial charge is 0.405 e. The molecule has 4 nitrogen and oxygen atoms in total. The number of thiol groups is 1. The fraction of sp³-hybridized carbons (Fsp3) is 0.889. The molecule has 5 heteroatoms. The predicted octanol–water partition coefficient (Wildman–Crippen LogP) is 1.76. The van der Waals surface area contributed by atoms with Crippen molar-refractivity contribution in [2.75, 3.05) is 19.0 Å². The summed E-state index contributed by atoms with van der Waals surface area (Å²) in [6.07, 6.45) is 0.638. The molecule has 0 aromatic heterocycles. The molecule has 0 rings (SSSR count). The Morgan fingerprint density at radius 2 is 2.14 bits per heavy atom. The van der Waals surface area contributed by atoms with Crippen molar-refractivity contribution >= 4 is 18.7 Å². The summed E-state index contributed by atoms with van der Waals surface area (Å²) in [6.45, 7) is 5.03. The second kappa shape index (κ2) is 6.95. The third-order valence-corrected chi connectivity index (χ3v) is 1.95.